The molecular weight excluding hydrogens is 258 g/mol. The van der Waals surface area contributed by atoms with Gasteiger partial charge in [0.05, 0.1) is 0 Å². The number of anilines is 1. The summed E-state index contributed by atoms with van der Waals surface area (Å²) in [5, 5.41) is 18.2. The van der Waals surface area contributed by atoms with Crippen molar-refractivity contribution in [1.29, 1.82) is 5.26 Å². The zero-order valence-corrected chi connectivity index (χ0v) is 11.2. The molecule has 0 aliphatic heterocycles. The van der Waals surface area contributed by atoms with Crippen LogP contribution in [0, 0.1) is 15.3 Å². The molecule has 1 rings (SSSR count). The number of ether oxygens (including phenoxy) is 1. The van der Waals surface area contributed by atoms with Gasteiger partial charge < -0.3 is 20.1 Å². The van der Waals surface area contributed by atoms with Crippen molar-refractivity contribution in [2.24, 2.45) is 0 Å². The number of hydrogen-bond acceptors (Lipinski definition) is 6. The third-order valence-corrected chi connectivity index (χ3v) is 3.60. The smallest absolute Gasteiger partial charge is 0.163 e. The number of thiazole rings is 1. The zero-order chi connectivity index (χ0) is 12.8. The molecular formula is C10H15N3O2S2. The topological polar surface area (TPSA) is 84.2 Å². The Bertz CT molecular complexity index is 461. The summed E-state index contributed by atoms with van der Waals surface area (Å²) in [6, 6.07) is 2.01. The van der Waals surface area contributed by atoms with E-state index >= 15 is 0 Å². The summed E-state index contributed by atoms with van der Waals surface area (Å²) < 4.78 is 7.31. The molecule has 0 fully saturated rings. The molecule has 5 nitrogen and oxygen atoms in total. The second kappa shape index (κ2) is 6.71. The van der Waals surface area contributed by atoms with E-state index < -0.39 is 6.29 Å². The number of aromatic nitrogens is 1. The number of hydrogen-bond donors (Lipinski definition) is 2. The molecule has 0 saturated heterocycles. The molecule has 0 aliphatic carbocycles. The van der Waals surface area contributed by atoms with Crippen LogP contribution in [0.2, 0.25) is 0 Å². The molecule has 0 saturated carbocycles. The highest BCUT2D eigenvalue weighted by atomic mass is 32.1. The van der Waals surface area contributed by atoms with Crippen LogP contribution in [0.1, 0.15) is 24.6 Å². The van der Waals surface area contributed by atoms with Crippen LogP contribution in [-0.2, 0) is 11.3 Å². The van der Waals surface area contributed by atoms with Gasteiger partial charge in [-0.15, -0.1) is 0 Å². The fourth-order valence-electron chi connectivity index (χ4n) is 1.41. The molecule has 0 aliphatic rings. The SMILES string of the molecule is CCOC(O)CCCn1c(N)c(C#N)sc1=S. The van der Waals surface area contributed by atoms with E-state index in [-0.39, 0.29) is 0 Å². The molecule has 7 heteroatoms. The Labute approximate surface area is 109 Å². The van der Waals surface area contributed by atoms with Crippen molar-refractivity contribution in [3.8, 4) is 6.07 Å². The second-order valence-corrected chi connectivity index (χ2v) is 5.04. The van der Waals surface area contributed by atoms with E-state index in [1.54, 1.807) is 4.57 Å². The van der Waals surface area contributed by atoms with Gasteiger partial charge in [-0.2, -0.15) is 5.26 Å². The minimum Gasteiger partial charge on any atom is -0.383 e. The first-order valence-corrected chi connectivity index (χ1v) is 6.51. The minimum atomic E-state index is -0.746. The van der Waals surface area contributed by atoms with Crippen LogP contribution in [-0.4, -0.2) is 22.6 Å². The van der Waals surface area contributed by atoms with Crippen molar-refractivity contribution < 1.29 is 9.84 Å². The van der Waals surface area contributed by atoms with E-state index in [1.165, 1.54) is 11.3 Å². The Morgan fingerprint density at radius 3 is 2.94 bits per heavy atom. The highest BCUT2D eigenvalue weighted by Crippen LogP contribution is 2.21. The van der Waals surface area contributed by atoms with Crippen LogP contribution in [0.15, 0.2) is 0 Å². The fraction of sp³-hybridized carbons (Fsp3) is 0.600. The Morgan fingerprint density at radius 2 is 2.41 bits per heavy atom. The molecule has 0 aromatic carbocycles. The molecule has 1 atom stereocenters. The molecule has 0 amide bonds. The van der Waals surface area contributed by atoms with E-state index in [9.17, 15) is 5.11 Å². The van der Waals surface area contributed by atoms with E-state index in [0.717, 1.165) is 0 Å². The first kappa shape index (κ1) is 14.1. The van der Waals surface area contributed by atoms with E-state index in [4.69, 9.17) is 28.0 Å². The van der Waals surface area contributed by atoms with Gasteiger partial charge in [0.15, 0.2) is 10.2 Å². The lowest BCUT2D eigenvalue weighted by Crippen LogP contribution is -2.13. The third-order valence-electron chi connectivity index (χ3n) is 2.23. The van der Waals surface area contributed by atoms with Crippen LogP contribution >= 0.6 is 23.6 Å². The maximum atomic E-state index is 9.38. The number of nitrogen functional groups attached to an aromatic ring is 1. The van der Waals surface area contributed by atoms with Crippen molar-refractivity contribution >= 4 is 29.4 Å². The second-order valence-electron chi connectivity index (χ2n) is 3.40. The summed E-state index contributed by atoms with van der Waals surface area (Å²) in [7, 11) is 0. The predicted molar refractivity (Wildman–Crippen MR) is 69.1 cm³/mol. The number of nitrogens with zero attached hydrogens (tertiary/aromatic N) is 2. The van der Waals surface area contributed by atoms with Crippen LogP contribution in [0.3, 0.4) is 0 Å². The first-order valence-electron chi connectivity index (χ1n) is 5.29. The van der Waals surface area contributed by atoms with Crippen LogP contribution in [0.4, 0.5) is 5.82 Å². The Kier molecular flexibility index (Phi) is 5.58. The molecule has 17 heavy (non-hydrogen) atoms. The minimum absolute atomic E-state index is 0.411. The van der Waals surface area contributed by atoms with Gasteiger partial charge >= 0.3 is 0 Å². The molecule has 0 radical (unpaired) electrons. The lowest BCUT2D eigenvalue weighted by atomic mass is 10.3. The normalized spacial score (nSPS) is 12.3. The quantitative estimate of drug-likeness (QED) is 0.610. The van der Waals surface area contributed by atoms with E-state index in [1.807, 2.05) is 13.0 Å². The molecule has 1 aromatic heterocycles. The van der Waals surface area contributed by atoms with Gasteiger partial charge in [0.25, 0.3) is 0 Å². The van der Waals surface area contributed by atoms with Crippen LogP contribution < -0.4 is 5.73 Å². The Hall–Kier alpha value is -0.940. The van der Waals surface area contributed by atoms with Crippen molar-refractivity contribution in [2.75, 3.05) is 12.3 Å². The van der Waals surface area contributed by atoms with Gasteiger partial charge in [0.1, 0.15) is 16.8 Å². The Morgan fingerprint density at radius 1 is 1.71 bits per heavy atom. The van der Waals surface area contributed by atoms with E-state index in [2.05, 4.69) is 0 Å². The van der Waals surface area contributed by atoms with Crippen molar-refractivity contribution in [1.82, 2.24) is 4.57 Å². The summed E-state index contributed by atoms with van der Waals surface area (Å²) >= 11 is 6.32. The number of aliphatic hydroxyl groups excluding tert-OH is 1. The molecule has 3 N–H and O–H groups in total. The molecule has 1 heterocycles. The summed E-state index contributed by atoms with van der Waals surface area (Å²) in [6.07, 6.45) is 0.470. The molecule has 1 unspecified atom stereocenters. The van der Waals surface area contributed by atoms with Gasteiger partial charge in [0.2, 0.25) is 0 Å². The molecule has 0 spiro atoms. The third kappa shape index (κ3) is 3.78. The maximum Gasteiger partial charge on any atom is 0.163 e. The Balaban J connectivity index is 2.56. The van der Waals surface area contributed by atoms with Gasteiger partial charge in [-0.25, -0.2) is 0 Å². The average Bonchev–Trinajstić information content (AvgIpc) is 2.56. The summed E-state index contributed by atoms with van der Waals surface area (Å²) in [4.78, 5) is 0.445. The fourth-order valence-corrected chi connectivity index (χ4v) is 2.58. The lowest BCUT2D eigenvalue weighted by Gasteiger charge is -2.10. The van der Waals surface area contributed by atoms with Crippen LogP contribution in [0.25, 0.3) is 0 Å². The van der Waals surface area contributed by atoms with Crippen molar-refractivity contribution in [3.63, 3.8) is 0 Å². The first-order chi connectivity index (χ1) is 8.10. The van der Waals surface area contributed by atoms with Gasteiger partial charge in [-0.1, -0.05) is 11.3 Å². The predicted octanol–water partition coefficient (Wildman–Crippen LogP) is 1.87. The van der Waals surface area contributed by atoms with E-state index in [0.29, 0.717) is 40.6 Å². The average molecular weight is 273 g/mol. The molecule has 94 valence electrons. The summed E-state index contributed by atoms with van der Waals surface area (Å²) in [5.74, 6) is 0.411. The number of nitriles is 1. The monoisotopic (exact) mass is 273 g/mol. The largest absolute Gasteiger partial charge is 0.383 e. The zero-order valence-electron chi connectivity index (χ0n) is 9.55. The number of rotatable bonds is 6. The highest BCUT2D eigenvalue weighted by Gasteiger charge is 2.09. The number of nitrogens with two attached hydrogens (primary N) is 1. The number of aliphatic hydroxyl groups is 1. The van der Waals surface area contributed by atoms with Crippen molar-refractivity contribution in [3.05, 3.63) is 8.83 Å². The maximum absolute atomic E-state index is 9.38. The summed E-state index contributed by atoms with van der Waals surface area (Å²) in [6.45, 7) is 2.90. The van der Waals surface area contributed by atoms with Gasteiger partial charge in [-0.05, 0) is 32.0 Å². The van der Waals surface area contributed by atoms with Gasteiger partial charge in [-0.3, -0.25) is 0 Å². The summed E-state index contributed by atoms with van der Waals surface area (Å²) in [5.41, 5.74) is 5.78. The lowest BCUT2D eigenvalue weighted by molar-refractivity contribution is -0.0995. The molecule has 1 aromatic rings. The van der Waals surface area contributed by atoms with Gasteiger partial charge in [0, 0.05) is 13.2 Å². The van der Waals surface area contributed by atoms with Crippen LogP contribution in [0.5, 0.6) is 0 Å². The highest BCUT2D eigenvalue weighted by molar-refractivity contribution is 7.73. The molecule has 0 bridgehead atoms. The standard InChI is InChI=1S/C10H15N3O2S2/c1-2-15-8(14)4-3-5-13-9(12)7(6-11)17-10(13)16/h8,14H,2-5,12H2,1H3. The van der Waals surface area contributed by atoms with Crippen molar-refractivity contribution in [2.45, 2.75) is 32.6 Å².